The maximum Gasteiger partial charge on any atom is 0.265 e. The Hall–Kier alpha value is -1.37. The van der Waals surface area contributed by atoms with Crippen LogP contribution in [-0.2, 0) is 6.54 Å². The number of aromatic amines is 1. The number of carbonyl (C=O) groups excluding carboxylic acids is 1. The van der Waals surface area contributed by atoms with E-state index in [1.807, 2.05) is 24.4 Å². The second-order valence-electron chi connectivity index (χ2n) is 4.70. The highest BCUT2D eigenvalue weighted by Gasteiger charge is 2.20. The highest BCUT2D eigenvalue weighted by atomic mass is 35.5. The van der Waals surface area contributed by atoms with Crippen LogP contribution in [0.3, 0.4) is 0 Å². The maximum atomic E-state index is 12.6. The lowest BCUT2D eigenvalue weighted by atomic mass is 10.3. The van der Waals surface area contributed by atoms with Gasteiger partial charge in [0.05, 0.1) is 23.6 Å². The van der Waals surface area contributed by atoms with Crippen LogP contribution in [0.15, 0.2) is 24.0 Å². The molecule has 2 rings (SSSR count). The first kappa shape index (κ1) is 15.0. The Morgan fingerprint density at radius 2 is 2.25 bits per heavy atom. The standard InChI is InChI=1S/C13H17ClN4OS/c1-17(2)4-5-18(8-10-7-15-9-16-10)13(19)12-11(14)3-6-20-12/h3,6-7,9H,4-5,8H2,1-2H3,(H,15,16). The van der Waals surface area contributed by atoms with Gasteiger partial charge in [-0.25, -0.2) is 4.98 Å². The third-order valence-electron chi connectivity index (χ3n) is 2.83. The number of rotatable bonds is 6. The van der Waals surface area contributed by atoms with Gasteiger partial charge in [0.15, 0.2) is 0 Å². The number of imidazole rings is 1. The fourth-order valence-electron chi connectivity index (χ4n) is 1.74. The third-order valence-corrected chi connectivity index (χ3v) is 4.16. The van der Waals surface area contributed by atoms with Crippen LogP contribution in [0, 0.1) is 0 Å². The zero-order valence-electron chi connectivity index (χ0n) is 11.5. The monoisotopic (exact) mass is 312 g/mol. The Morgan fingerprint density at radius 1 is 1.45 bits per heavy atom. The normalized spacial score (nSPS) is 11.0. The molecule has 0 aliphatic carbocycles. The zero-order chi connectivity index (χ0) is 14.5. The van der Waals surface area contributed by atoms with E-state index >= 15 is 0 Å². The SMILES string of the molecule is CN(C)CCN(Cc1cnc[nH]1)C(=O)c1sccc1Cl. The summed E-state index contributed by atoms with van der Waals surface area (Å²) < 4.78 is 0. The predicted octanol–water partition coefficient (Wildman–Crippen LogP) is 2.33. The van der Waals surface area contributed by atoms with Crippen molar-refractivity contribution in [3.05, 3.63) is 39.6 Å². The van der Waals surface area contributed by atoms with Crippen molar-refractivity contribution in [2.75, 3.05) is 27.2 Å². The molecule has 5 nitrogen and oxygen atoms in total. The molecule has 7 heteroatoms. The van der Waals surface area contributed by atoms with Crippen LogP contribution in [0.2, 0.25) is 5.02 Å². The highest BCUT2D eigenvalue weighted by Crippen LogP contribution is 2.24. The molecule has 0 saturated carbocycles. The number of amides is 1. The molecule has 0 aliphatic rings. The Balaban J connectivity index is 2.12. The average Bonchev–Trinajstić information content (AvgIpc) is 3.04. The van der Waals surface area contributed by atoms with E-state index < -0.39 is 0 Å². The first-order valence-corrected chi connectivity index (χ1v) is 7.48. The van der Waals surface area contributed by atoms with Gasteiger partial charge in [-0.2, -0.15) is 0 Å². The second kappa shape index (κ2) is 6.88. The predicted molar refractivity (Wildman–Crippen MR) is 81.2 cm³/mol. The molecule has 0 unspecified atom stereocenters. The third kappa shape index (κ3) is 3.82. The molecule has 2 aromatic heterocycles. The van der Waals surface area contributed by atoms with Crippen molar-refractivity contribution in [1.82, 2.24) is 19.8 Å². The van der Waals surface area contributed by atoms with Crippen molar-refractivity contribution >= 4 is 28.8 Å². The second-order valence-corrected chi connectivity index (χ2v) is 6.03. The fraction of sp³-hybridized carbons (Fsp3) is 0.385. The minimum Gasteiger partial charge on any atom is -0.347 e. The van der Waals surface area contributed by atoms with Gasteiger partial charge in [0.25, 0.3) is 5.91 Å². The maximum absolute atomic E-state index is 12.6. The summed E-state index contributed by atoms with van der Waals surface area (Å²) in [6.45, 7) is 1.93. The number of nitrogens with zero attached hydrogens (tertiary/aromatic N) is 3. The lowest BCUT2D eigenvalue weighted by molar-refractivity contribution is 0.0735. The van der Waals surface area contributed by atoms with E-state index in [-0.39, 0.29) is 5.91 Å². The number of hydrogen-bond acceptors (Lipinski definition) is 4. The highest BCUT2D eigenvalue weighted by molar-refractivity contribution is 7.12. The number of H-pyrrole nitrogens is 1. The van der Waals surface area contributed by atoms with Crippen molar-refractivity contribution in [2.24, 2.45) is 0 Å². The summed E-state index contributed by atoms with van der Waals surface area (Å²) >= 11 is 7.43. The van der Waals surface area contributed by atoms with E-state index in [1.165, 1.54) is 11.3 Å². The topological polar surface area (TPSA) is 52.2 Å². The molecule has 0 aliphatic heterocycles. The van der Waals surface area contributed by atoms with Crippen LogP contribution in [0.1, 0.15) is 15.4 Å². The van der Waals surface area contributed by atoms with Crippen molar-refractivity contribution < 1.29 is 4.79 Å². The molecule has 0 bridgehead atoms. The molecule has 0 spiro atoms. The lowest BCUT2D eigenvalue weighted by Crippen LogP contribution is -2.36. The molecule has 108 valence electrons. The van der Waals surface area contributed by atoms with Crippen LogP contribution < -0.4 is 0 Å². The Kier molecular flexibility index (Phi) is 5.17. The molecule has 0 fully saturated rings. The quantitative estimate of drug-likeness (QED) is 0.890. The Morgan fingerprint density at radius 3 is 2.80 bits per heavy atom. The minimum absolute atomic E-state index is 0.0403. The molecule has 1 amide bonds. The van der Waals surface area contributed by atoms with Crippen LogP contribution in [0.4, 0.5) is 0 Å². The number of likely N-dealkylation sites (N-methyl/N-ethyl adjacent to an activating group) is 1. The van der Waals surface area contributed by atoms with Gasteiger partial charge in [0, 0.05) is 19.3 Å². The van der Waals surface area contributed by atoms with E-state index in [0.717, 1.165) is 12.2 Å². The van der Waals surface area contributed by atoms with Gasteiger partial charge in [0.2, 0.25) is 0 Å². The van der Waals surface area contributed by atoms with E-state index in [9.17, 15) is 4.79 Å². The van der Waals surface area contributed by atoms with E-state index in [4.69, 9.17) is 11.6 Å². The summed E-state index contributed by atoms with van der Waals surface area (Å²) in [5.41, 5.74) is 0.907. The van der Waals surface area contributed by atoms with Crippen LogP contribution in [0.5, 0.6) is 0 Å². The molecule has 0 saturated heterocycles. The van der Waals surface area contributed by atoms with Gasteiger partial charge in [-0.15, -0.1) is 11.3 Å². The molecule has 0 atom stereocenters. The van der Waals surface area contributed by atoms with E-state index in [2.05, 4.69) is 9.97 Å². The summed E-state index contributed by atoms with van der Waals surface area (Å²) in [6, 6.07) is 1.75. The Bertz CT molecular complexity index is 552. The number of aromatic nitrogens is 2. The zero-order valence-corrected chi connectivity index (χ0v) is 13.0. The number of hydrogen-bond donors (Lipinski definition) is 1. The van der Waals surface area contributed by atoms with Gasteiger partial charge in [-0.1, -0.05) is 11.6 Å². The van der Waals surface area contributed by atoms with E-state index in [0.29, 0.717) is 23.0 Å². The van der Waals surface area contributed by atoms with Crippen molar-refractivity contribution in [3.8, 4) is 0 Å². The number of thiophene rings is 1. The van der Waals surface area contributed by atoms with E-state index in [1.54, 1.807) is 23.5 Å². The smallest absolute Gasteiger partial charge is 0.265 e. The average molecular weight is 313 g/mol. The number of nitrogens with one attached hydrogen (secondary N) is 1. The number of halogens is 1. The van der Waals surface area contributed by atoms with Gasteiger partial charge >= 0.3 is 0 Å². The van der Waals surface area contributed by atoms with Crippen molar-refractivity contribution in [3.63, 3.8) is 0 Å². The summed E-state index contributed by atoms with van der Waals surface area (Å²) in [4.78, 5) is 24.0. The lowest BCUT2D eigenvalue weighted by Gasteiger charge is -2.23. The molecule has 2 aromatic rings. The molecular weight excluding hydrogens is 296 g/mol. The van der Waals surface area contributed by atoms with Gasteiger partial charge in [-0.05, 0) is 25.5 Å². The first-order valence-electron chi connectivity index (χ1n) is 6.22. The van der Waals surface area contributed by atoms with Gasteiger partial charge in [0.1, 0.15) is 4.88 Å². The molecule has 20 heavy (non-hydrogen) atoms. The van der Waals surface area contributed by atoms with Crippen LogP contribution in [-0.4, -0.2) is 52.9 Å². The molecular formula is C13H17ClN4OS. The number of carbonyl (C=O) groups is 1. The van der Waals surface area contributed by atoms with Gasteiger partial charge in [-0.3, -0.25) is 4.79 Å². The van der Waals surface area contributed by atoms with Crippen LogP contribution >= 0.6 is 22.9 Å². The summed E-state index contributed by atoms with van der Waals surface area (Å²) in [5.74, 6) is -0.0403. The molecule has 0 aromatic carbocycles. The Labute approximate surface area is 127 Å². The molecule has 2 heterocycles. The first-order chi connectivity index (χ1) is 9.58. The molecule has 1 N–H and O–H groups in total. The fourth-order valence-corrected chi connectivity index (χ4v) is 2.84. The van der Waals surface area contributed by atoms with Gasteiger partial charge < -0.3 is 14.8 Å². The van der Waals surface area contributed by atoms with Crippen molar-refractivity contribution in [2.45, 2.75) is 6.54 Å². The summed E-state index contributed by atoms with van der Waals surface area (Å²) in [6.07, 6.45) is 3.34. The van der Waals surface area contributed by atoms with Crippen molar-refractivity contribution in [1.29, 1.82) is 0 Å². The van der Waals surface area contributed by atoms with Crippen LogP contribution in [0.25, 0.3) is 0 Å². The summed E-state index contributed by atoms with van der Waals surface area (Å²) in [7, 11) is 3.97. The molecule has 0 radical (unpaired) electrons. The minimum atomic E-state index is -0.0403. The largest absolute Gasteiger partial charge is 0.347 e. The summed E-state index contributed by atoms with van der Waals surface area (Å²) in [5, 5.41) is 2.34.